The van der Waals surface area contributed by atoms with E-state index in [1.165, 1.54) is 18.2 Å². The lowest BCUT2D eigenvalue weighted by Crippen LogP contribution is -2.20. The number of nitrogens with one attached hydrogen (secondary N) is 1. The van der Waals surface area contributed by atoms with Crippen molar-refractivity contribution < 1.29 is 17.8 Å². The summed E-state index contributed by atoms with van der Waals surface area (Å²) in [7, 11) is -3.88. The van der Waals surface area contributed by atoms with E-state index in [0.29, 0.717) is 11.0 Å². The Morgan fingerprint density at radius 2 is 1.69 bits per heavy atom. The van der Waals surface area contributed by atoms with E-state index in [9.17, 15) is 13.2 Å². The molecule has 26 heavy (non-hydrogen) atoms. The molecule has 0 aliphatic heterocycles. The number of benzene rings is 2. The lowest BCUT2D eigenvalue weighted by molar-refractivity contribution is -0.340. The third-order valence-electron chi connectivity index (χ3n) is 4.24. The smallest absolute Gasteiger partial charge is 0.299 e. The largest absolute Gasteiger partial charge is 0.422 e. The van der Waals surface area contributed by atoms with Crippen LogP contribution in [-0.4, -0.2) is 8.42 Å². The summed E-state index contributed by atoms with van der Waals surface area (Å²) in [6.07, 6.45) is 0. The number of H-pyrrole nitrogens is 1. The van der Waals surface area contributed by atoms with Crippen LogP contribution in [0.1, 0.15) is 5.56 Å². The Bertz CT molecular complexity index is 1320. The molecule has 0 saturated carbocycles. The van der Waals surface area contributed by atoms with Crippen LogP contribution >= 0.6 is 0 Å². The Morgan fingerprint density at radius 1 is 1.00 bits per heavy atom. The van der Waals surface area contributed by atoms with Gasteiger partial charge in [0.05, 0.1) is 10.3 Å². The number of hydrogen-bond acceptors (Lipinski definition) is 5. The summed E-state index contributed by atoms with van der Waals surface area (Å²) in [5, 5.41) is 0.500. The van der Waals surface area contributed by atoms with Crippen molar-refractivity contribution in [1.29, 1.82) is 0 Å². The van der Waals surface area contributed by atoms with Crippen LogP contribution in [0.5, 0.6) is 0 Å². The number of aromatic amines is 1. The van der Waals surface area contributed by atoms with Gasteiger partial charge in [0.25, 0.3) is 11.5 Å². The molecule has 0 fully saturated rings. The standard InChI is InChI=1S/C19H14N2O4S/c1-11-6-8-12(9-7-11)26(23,24)16-10-14-17(22)13-4-2-3-5-15(13)25-19(14)21-18(16)20/h2-10H,1H3,(H2,20,21)/p+1. The van der Waals surface area contributed by atoms with Crippen molar-refractivity contribution in [1.82, 2.24) is 0 Å². The first-order valence-corrected chi connectivity index (χ1v) is 9.35. The average Bonchev–Trinajstić information content (AvgIpc) is 2.61. The molecule has 130 valence electrons. The Balaban J connectivity index is 2.03. The Labute approximate surface area is 148 Å². The summed E-state index contributed by atoms with van der Waals surface area (Å²) in [5.74, 6) is -0.0866. The first-order valence-electron chi connectivity index (χ1n) is 7.87. The minimum Gasteiger partial charge on any atom is -0.422 e. The molecule has 0 spiro atoms. The second-order valence-electron chi connectivity index (χ2n) is 6.03. The molecule has 0 aliphatic rings. The number of pyridine rings is 1. The molecular weight excluding hydrogens is 352 g/mol. The fraction of sp³-hybridized carbons (Fsp3) is 0.0526. The zero-order valence-electron chi connectivity index (χ0n) is 13.8. The third kappa shape index (κ3) is 2.44. The number of aromatic nitrogens is 1. The molecule has 0 amide bonds. The number of rotatable bonds is 2. The topological polar surface area (TPSA) is 105 Å². The minimum atomic E-state index is -3.88. The van der Waals surface area contributed by atoms with Crippen molar-refractivity contribution in [2.45, 2.75) is 16.7 Å². The van der Waals surface area contributed by atoms with E-state index < -0.39 is 9.84 Å². The van der Waals surface area contributed by atoms with E-state index in [2.05, 4.69) is 4.98 Å². The Kier molecular flexibility index (Phi) is 3.55. The molecule has 0 aliphatic carbocycles. The van der Waals surface area contributed by atoms with Crippen LogP contribution in [0.25, 0.3) is 22.1 Å². The highest BCUT2D eigenvalue weighted by Gasteiger charge is 2.26. The lowest BCUT2D eigenvalue weighted by atomic mass is 10.2. The highest BCUT2D eigenvalue weighted by molar-refractivity contribution is 7.91. The van der Waals surface area contributed by atoms with Gasteiger partial charge in [-0.15, -0.1) is 0 Å². The van der Waals surface area contributed by atoms with Gasteiger partial charge in [0.2, 0.25) is 15.3 Å². The van der Waals surface area contributed by atoms with Gasteiger partial charge in [0.1, 0.15) is 11.0 Å². The van der Waals surface area contributed by atoms with Crippen molar-refractivity contribution in [3.63, 3.8) is 0 Å². The zero-order chi connectivity index (χ0) is 18.5. The molecule has 2 aromatic carbocycles. The predicted molar refractivity (Wildman–Crippen MR) is 97.6 cm³/mol. The predicted octanol–water partition coefficient (Wildman–Crippen LogP) is 2.48. The van der Waals surface area contributed by atoms with Crippen molar-refractivity contribution in [3.8, 4) is 0 Å². The van der Waals surface area contributed by atoms with E-state index in [-0.39, 0.29) is 32.1 Å². The van der Waals surface area contributed by atoms with Crippen molar-refractivity contribution in [2.24, 2.45) is 0 Å². The number of aryl methyl sites for hydroxylation is 1. The molecule has 7 heteroatoms. The fourth-order valence-corrected chi connectivity index (χ4v) is 4.20. The van der Waals surface area contributed by atoms with Crippen molar-refractivity contribution in [2.75, 3.05) is 5.73 Å². The molecule has 0 unspecified atom stereocenters. The van der Waals surface area contributed by atoms with Gasteiger partial charge in [0, 0.05) is 0 Å². The van der Waals surface area contributed by atoms with E-state index >= 15 is 0 Å². The summed E-state index contributed by atoms with van der Waals surface area (Å²) < 4.78 is 31.6. The molecule has 2 heterocycles. The molecule has 4 aromatic rings. The number of anilines is 1. The Morgan fingerprint density at radius 3 is 2.42 bits per heavy atom. The maximum Gasteiger partial charge on any atom is 0.299 e. The van der Waals surface area contributed by atoms with Gasteiger partial charge in [-0.05, 0) is 37.3 Å². The molecule has 3 N–H and O–H groups in total. The van der Waals surface area contributed by atoms with Gasteiger partial charge in [0.15, 0.2) is 4.90 Å². The molecule has 4 rings (SSSR count). The van der Waals surface area contributed by atoms with Gasteiger partial charge in [-0.25, -0.2) is 13.4 Å². The van der Waals surface area contributed by atoms with E-state index in [1.54, 1.807) is 36.4 Å². The first kappa shape index (κ1) is 16.3. The number of sulfone groups is 1. The lowest BCUT2D eigenvalue weighted by Gasteiger charge is -2.06. The first-order chi connectivity index (χ1) is 12.4. The van der Waals surface area contributed by atoms with Crippen LogP contribution in [0.3, 0.4) is 0 Å². The molecule has 0 atom stereocenters. The average molecular weight is 367 g/mol. The third-order valence-corrected chi connectivity index (χ3v) is 6.05. The summed E-state index contributed by atoms with van der Waals surface area (Å²) in [6, 6.07) is 14.5. The molecular formula is C19H15N2O4S+. The Hall–Kier alpha value is -3.19. The van der Waals surface area contributed by atoms with E-state index in [1.807, 2.05) is 6.92 Å². The summed E-state index contributed by atoms with van der Waals surface area (Å²) in [5.41, 5.74) is 7.09. The van der Waals surface area contributed by atoms with Crippen molar-refractivity contribution in [3.05, 3.63) is 70.4 Å². The number of hydrogen-bond donors (Lipinski definition) is 1. The number of nitrogens with two attached hydrogens (primary N) is 1. The molecule has 6 nitrogen and oxygen atoms in total. The summed E-state index contributed by atoms with van der Waals surface area (Å²) in [6.45, 7) is 1.87. The molecule has 0 saturated heterocycles. The van der Waals surface area contributed by atoms with Crippen LogP contribution in [-0.2, 0) is 9.84 Å². The van der Waals surface area contributed by atoms with Crippen LogP contribution in [0.15, 0.2) is 73.6 Å². The maximum atomic E-state index is 13.0. The van der Waals surface area contributed by atoms with Crippen LogP contribution in [0, 0.1) is 6.92 Å². The highest BCUT2D eigenvalue weighted by atomic mass is 32.2. The van der Waals surface area contributed by atoms with Gasteiger partial charge in [-0.3, -0.25) is 10.5 Å². The molecule has 2 aromatic heterocycles. The number of fused-ring (bicyclic) bond motifs is 2. The van der Waals surface area contributed by atoms with Gasteiger partial charge in [-0.2, -0.15) is 0 Å². The van der Waals surface area contributed by atoms with Crippen LogP contribution < -0.4 is 16.1 Å². The summed E-state index contributed by atoms with van der Waals surface area (Å²) in [4.78, 5) is 15.4. The zero-order valence-corrected chi connectivity index (χ0v) is 14.6. The second-order valence-corrected chi connectivity index (χ2v) is 7.95. The minimum absolute atomic E-state index is 0.0866. The molecule has 0 bridgehead atoms. The van der Waals surface area contributed by atoms with E-state index in [0.717, 1.165) is 5.56 Å². The quantitative estimate of drug-likeness (QED) is 0.548. The van der Waals surface area contributed by atoms with Gasteiger partial charge in [-0.1, -0.05) is 29.8 Å². The maximum absolute atomic E-state index is 13.0. The van der Waals surface area contributed by atoms with E-state index in [4.69, 9.17) is 10.2 Å². The number of nitrogen functional groups attached to an aromatic ring is 1. The summed E-state index contributed by atoms with van der Waals surface area (Å²) >= 11 is 0. The van der Waals surface area contributed by atoms with Crippen LogP contribution in [0.4, 0.5) is 5.82 Å². The number of para-hydroxylation sites is 1. The normalized spacial score (nSPS) is 11.9. The SMILES string of the molecule is Cc1ccc(S(=O)(=O)c2cc3c(=O)c4ccccc4oc3[nH+]c2N)cc1. The van der Waals surface area contributed by atoms with Gasteiger partial charge >= 0.3 is 0 Å². The van der Waals surface area contributed by atoms with Crippen molar-refractivity contribution >= 4 is 37.7 Å². The highest BCUT2D eigenvalue weighted by Crippen LogP contribution is 2.26. The van der Waals surface area contributed by atoms with Gasteiger partial charge < -0.3 is 4.42 Å². The van der Waals surface area contributed by atoms with Crippen LogP contribution in [0.2, 0.25) is 0 Å². The molecule has 0 radical (unpaired) electrons. The fourth-order valence-electron chi connectivity index (χ4n) is 2.84. The monoisotopic (exact) mass is 367 g/mol. The second kappa shape index (κ2) is 5.67.